The first-order valence-corrected chi connectivity index (χ1v) is 13.1. The minimum Gasteiger partial charge on any atom is -0.379 e. The van der Waals surface area contributed by atoms with E-state index in [0.29, 0.717) is 0 Å². The molecule has 0 atom stereocenters. The van der Waals surface area contributed by atoms with Crippen molar-refractivity contribution < 1.29 is 9.53 Å². The summed E-state index contributed by atoms with van der Waals surface area (Å²) in [5, 5.41) is 3.18. The van der Waals surface area contributed by atoms with Crippen LogP contribution in [0.2, 0.25) is 0 Å². The van der Waals surface area contributed by atoms with Gasteiger partial charge >= 0.3 is 0 Å². The summed E-state index contributed by atoms with van der Waals surface area (Å²) in [5.74, 6) is 2.19. The Morgan fingerprint density at radius 2 is 1.76 bits per heavy atom. The van der Waals surface area contributed by atoms with Gasteiger partial charge in [0.1, 0.15) is 0 Å². The van der Waals surface area contributed by atoms with Crippen LogP contribution in [-0.2, 0) is 16.1 Å². The summed E-state index contributed by atoms with van der Waals surface area (Å²) in [4.78, 5) is 22.6. The van der Waals surface area contributed by atoms with Gasteiger partial charge in [-0.25, -0.2) is 4.98 Å². The molecule has 1 N–H and O–H groups in total. The van der Waals surface area contributed by atoms with Crippen molar-refractivity contribution in [2.75, 3.05) is 57.4 Å². The molecule has 0 unspecified atom stereocenters. The van der Waals surface area contributed by atoms with E-state index < -0.39 is 0 Å². The normalized spacial score (nSPS) is 21.5. The van der Waals surface area contributed by atoms with Crippen LogP contribution in [0.1, 0.15) is 44.9 Å². The van der Waals surface area contributed by atoms with Crippen molar-refractivity contribution in [3.63, 3.8) is 0 Å². The fourth-order valence-electron chi connectivity index (χ4n) is 5.76. The predicted molar refractivity (Wildman–Crippen MR) is 132 cm³/mol. The van der Waals surface area contributed by atoms with Crippen LogP contribution in [0.25, 0.3) is 11.0 Å². The molecule has 0 radical (unpaired) electrons. The van der Waals surface area contributed by atoms with Gasteiger partial charge in [-0.1, -0.05) is 31.4 Å². The highest BCUT2D eigenvalue weighted by Gasteiger charge is 2.28. The molecule has 0 spiro atoms. The zero-order valence-corrected chi connectivity index (χ0v) is 19.9. The van der Waals surface area contributed by atoms with Crippen LogP contribution in [0.15, 0.2) is 24.3 Å². The molecule has 180 valence electrons. The number of carbonyl (C=O) groups excluding carboxylic acids is 1. The number of anilines is 1. The summed E-state index contributed by atoms with van der Waals surface area (Å²) in [5.41, 5.74) is 2.34. The first-order chi connectivity index (χ1) is 16.3. The molecule has 2 aromatic rings. The standard InChI is InChI=1S/C26H39N5O2/c32-25(27-12-15-29-16-18-33-19-17-29)22-10-13-30(14-11-22)26-28-23-8-4-5-9-24(23)31(26)20-21-6-2-1-3-7-21/h4-5,8-9,21-22H,1-3,6-7,10-20H2,(H,27,32). The Morgan fingerprint density at radius 3 is 2.55 bits per heavy atom. The number of morpholine rings is 1. The number of nitrogens with one attached hydrogen (secondary N) is 1. The van der Waals surface area contributed by atoms with Gasteiger partial charge in [-0.05, 0) is 43.7 Å². The quantitative estimate of drug-likeness (QED) is 0.697. The lowest BCUT2D eigenvalue weighted by Crippen LogP contribution is -2.45. The summed E-state index contributed by atoms with van der Waals surface area (Å²) < 4.78 is 7.86. The number of hydrogen-bond donors (Lipinski definition) is 1. The second-order valence-electron chi connectivity index (χ2n) is 10.0. The third-order valence-corrected chi connectivity index (χ3v) is 7.78. The molecule has 2 saturated heterocycles. The SMILES string of the molecule is O=C(NCCN1CCOCC1)C1CCN(c2nc3ccccc3n2CC2CCCCC2)CC1. The maximum absolute atomic E-state index is 12.8. The molecule has 7 heteroatoms. The molecule has 1 aromatic carbocycles. The van der Waals surface area contributed by atoms with E-state index in [1.807, 2.05) is 0 Å². The second kappa shape index (κ2) is 10.9. The molecule has 1 aromatic heterocycles. The molecule has 1 aliphatic carbocycles. The van der Waals surface area contributed by atoms with Gasteiger partial charge in [0.15, 0.2) is 0 Å². The van der Waals surface area contributed by atoms with Crippen LogP contribution in [0.4, 0.5) is 5.95 Å². The molecule has 0 bridgehead atoms. The number of aromatic nitrogens is 2. The van der Waals surface area contributed by atoms with Crippen molar-refractivity contribution in [2.45, 2.75) is 51.5 Å². The lowest BCUT2D eigenvalue weighted by atomic mass is 9.89. The first-order valence-electron chi connectivity index (χ1n) is 13.1. The Morgan fingerprint density at radius 1 is 1.00 bits per heavy atom. The van der Waals surface area contributed by atoms with Crippen LogP contribution in [0.5, 0.6) is 0 Å². The molecule has 1 saturated carbocycles. The molecule has 3 heterocycles. The lowest BCUT2D eigenvalue weighted by Gasteiger charge is -2.33. The molecule has 33 heavy (non-hydrogen) atoms. The number of rotatable bonds is 7. The zero-order valence-electron chi connectivity index (χ0n) is 19.9. The molecule has 5 rings (SSSR count). The second-order valence-corrected chi connectivity index (χ2v) is 10.0. The van der Waals surface area contributed by atoms with Crippen LogP contribution in [-0.4, -0.2) is 72.8 Å². The number of fused-ring (bicyclic) bond motifs is 1. The first kappa shape index (κ1) is 22.7. The van der Waals surface area contributed by atoms with Gasteiger partial charge in [0, 0.05) is 51.7 Å². The fraction of sp³-hybridized carbons (Fsp3) is 0.692. The third-order valence-electron chi connectivity index (χ3n) is 7.78. The zero-order chi connectivity index (χ0) is 22.5. The minimum absolute atomic E-state index is 0.113. The summed E-state index contributed by atoms with van der Waals surface area (Å²) in [6.07, 6.45) is 8.57. The molecular weight excluding hydrogens is 414 g/mol. The number of imidazole rings is 1. The fourth-order valence-corrected chi connectivity index (χ4v) is 5.76. The molecule has 2 aliphatic heterocycles. The number of carbonyl (C=O) groups is 1. The van der Waals surface area contributed by atoms with Crippen molar-refractivity contribution >= 4 is 22.9 Å². The summed E-state index contributed by atoms with van der Waals surface area (Å²) in [6, 6.07) is 8.55. The summed E-state index contributed by atoms with van der Waals surface area (Å²) in [7, 11) is 0. The van der Waals surface area contributed by atoms with Crippen LogP contribution in [0.3, 0.4) is 0 Å². The molecule has 3 aliphatic rings. The topological polar surface area (TPSA) is 62.6 Å². The monoisotopic (exact) mass is 453 g/mol. The van der Waals surface area contributed by atoms with E-state index in [0.717, 1.165) is 89.3 Å². The van der Waals surface area contributed by atoms with E-state index >= 15 is 0 Å². The predicted octanol–water partition coefficient (Wildman–Crippen LogP) is 3.28. The van der Waals surface area contributed by atoms with Crippen molar-refractivity contribution in [2.24, 2.45) is 11.8 Å². The van der Waals surface area contributed by atoms with Crippen LogP contribution in [0, 0.1) is 11.8 Å². The summed E-state index contributed by atoms with van der Waals surface area (Å²) in [6.45, 7) is 8.06. The van der Waals surface area contributed by atoms with E-state index in [9.17, 15) is 4.79 Å². The Bertz CT molecular complexity index is 909. The van der Waals surface area contributed by atoms with Crippen LogP contribution < -0.4 is 10.2 Å². The molecule has 1 amide bonds. The Hall–Kier alpha value is -2.12. The van der Waals surface area contributed by atoms with Gasteiger partial charge in [-0.2, -0.15) is 0 Å². The average Bonchev–Trinajstić information content (AvgIpc) is 3.24. The van der Waals surface area contributed by atoms with E-state index in [2.05, 4.69) is 43.9 Å². The van der Waals surface area contributed by atoms with Crippen LogP contribution >= 0.6 is 0 Å². The van der Waals surface area contributed by atoms with Gasteiger partial charge in [0.25, 0.3) is 0 Å². The minimum atomic E-state index is 0.113. The van der Waals surface area contributed by atoms with Crippen molar-refractivity contribution in [3.05, 3.63) is 24.3 Å². The largest absolute Gasteiger partial charge is 0.379 e. The van der Waals surface area contributed by atoms with Gasteiger partial charge < -0.3 is 19.5 Å². The number of para-hydroxylation sites is 2. The van der Waals surface area contributed by atoms with Crippen molar-refractivity contribution in [3.8, 4) is 0 Å². The summed E-state index contributed by atoms with van der Waals surface area (Å²) >= 11 is 0. The highest BCUT2D eigenvalue weighted by atomic mass is 16.5. The molecule has 3 fully saturated rings. The van der Waals surface area contributed by atoms with Gasteiger partial charge in [-0.15, -0.1) is 0 Å². The highest BCUT2D eigenvalue weighted by Crippen LogP contribution is 2.31. The maximum Gasteiger partial charge on any atom is 0.223 e. The molecular formula is C26H39N5O2. The Balaban J connectivity index is 1.18. The molecule has 7 nitrogen and oxygen atoms in total. The highest BCUT2D eigenvalue weighted by molar-refractivity contribution is 5.80. The Kier molecular flexibility index (Phi) is 7.47. The van der Waals surface area contributed by atoms with E-state index in [1.165, 1.54) is 37.6 Å². The average molecular weight is 454 g/mol. The smallest absolute Gasteiger partial charge is 0.223 e. The van der Waals surface area contributed by atoms with Crippen molar-refractivity contribution in [1.29, 1.82) is 0 Å². The third kappa shape index (κ3) is 5.52. The van der Waals surface area contributed by atoms with Crippen molar-refractivity contribution in [1.82, 2.24) is 19.8 Å². The number of piperidine rings is 1. The number of hydrogen-bond acceptors (Lipinski definition) is 5. The van der Waals surface area contributed by atoms with Gasteiger partial charge in [0.2, 0.25) is 11.9 Å². The van der Waals surface area contributed by atoms with Gasteiger partial charge in [-0.3, -0.25) is 9.69 Å². The van der Waals surface area contributed by atoms with E-state index in [4.69, 9.17) is 9.72 Å². The number of benzene rings is 1. The number of ether oxygens (including phenoxy) is 1. The van der Waals surface area contributed by atoms with E-state index in [-0.39, 0.29) is 11.8 Å². The number of amides is 1. The number of nitrogens with zero attached hydrogens (tertiary/aromatic N) is 4. The van der Waals surface area contributed by atoms with E-state index in [1.54, 1.807) is 0 Å². The maximum atomic E-state index is 12.8. The van der Waals surface area contributed by atoms with Gasteiger partial charge in [0.05, 0.1) is 24.2 Å². The lowest BCUT2D eigenvalue weighted by molar-refractivity contribution is -0.125. The Labute approximate surface area is 197 Å².